The summed E-state index contributed by atoms with van der Waals surface area (Å²) in [6.45, 7) is 0.400. The lowest BCUT2D eigenvalue weighted by Crippen LogP contribution is -2.36. The van der Waals surface area contributed by atoms with E-state index in [4.69, 9.17) is 16.0 Å². The van der Waals surface area contributed by atoms with Crippen molar-refractivity contribution in [1.29, 1.82) is 0 Å². The summed E-state index contributed by atoms with van der Waals surface area (Å²) in [6, 6.07) is 9.02. The molecule has 6 heteroatoms. The van der Waals surface area contributed by atoms with Gasteiger partial charge in [-0.3, -0.25) is 9.59 Å². The summed E-state index contributed by atoms with van der Waals surface area (Å²) in [5, 5.41) is 3.73. The number of nitrogens with one attached hydrogen (secondary N) is 1. The second-order valence-electron chi connectivity index (χ2n) is 6.63. The van der Waals surface area contributed by atoms with Gasteiger partial charge in [0.2, 0.25) is 11.8 Å². The minimum Gasteiger partial charge on any atom is -0.469 e. The van der Waals surface area contributed by atoms with Crippen LogP contribution in [0.5, 0.6) is 0 Å². The number of benzene rings is 1. The van der Waals surface area contributed by atoms with Crippen LogP contribution in [0.1, 0.15) is 36.6 Å². The number of amides is 2. The largest absolute Gasteiger partial charge is 0.469 e. The van der Waals surface area contributed by atoms with E-state index in [0.717, 1.165) is 36.3 Å². The van der Waals surface area contributed by atoms with Gasteiger partial charge in [-0.05, 0) is 43.2 Å². The van der Waals surface area contributed by atoms with Gasteiger partial charge in [-0.2, -0.15) is 0 Å². The summed E-state index contributed by atoms with van der Waals surface area (Å²) in [5.41, 5.74) is 1.85. The summed E-state index contributed by atoms with van der Waals surface area (Å²) >= 11 is 5.90. The van der Waals surface area contributed by atoms with Crippen molar-refractivity contribution in [3.8, 4) is 0 Å². The number of fused-ring (bicyclic) bond motifs is 1. The van der Waals surface area contributed by atoms with Crippen LogP contribution in [0.25, 0.3) is 0 Å². The molecule has 5 nitrogen and oxygen atoms in total. The van der Waals surface area contributed by atoms with E-state index in [1.807, 2.05) is 6.07 Å². The number of halogens is 1. The number of anilines is 1. The number of hydrogen-bond donors (Lipinski definition) is 1. The smallest absolute Gasteiger partial charge is 0.227 e. The van der Waals surface area contributed by atoms with Crippen molar-refractivity contribution >= 4 is 29.1 Å². The lowest BCUT2D eigenvalue weighted by molar-refractivity contribution is -0.127. The zero-order chi connectivity index (χ0) is 17.4. The summed E-state index contributed by atoms with van der Waals surface area (Å²) in [5.74, 6) is 0.529. The highest BCUT2D eigenvalue weighted by Gasteiger charge is 2.36. The highest BCUT2D eigenvalue weighted by atomic mass is 35.5. The van der Waals surface area contributed by atoms with Crippen molar-refractivity contribution in [2.45, 2.75) is 31.7 Å². The molecule has 0 saturated carbocycles. The molecule has 4 rings (SSSR count). The SMILES string of the molecule is O=C(NC1CCCc2occc21)C1CC(=O)N(c2ccc(Cl)cc2)C1. The molecule has 1 N–H and O–H groups in total. The maximum Gasteiger partial charge on any atom is 0.227 e. The molecule has 0 radical (unpaired) electrons. The van der Waals surface area contributed by atoms with Crippen molar-refractivity contribution < 1.29 is 14.0 Å². The van der Waals surface area contributed by atoms with E-state index in [9.17, 15) is 9.59 Å². The average Bonchev–Trinajstić information content (AvgIpc) is 3.23. The molecule has 2 unspecified atom stereocenters. The van der Waals surface area contributed by atoms with Gasteiger partial charge in [0.25, 0.3) is 0 Å². The third kappa shape index (κ3) is 3.16. The molecule has 2 aliphatic rings. The Morgan fingerprint density at radius 1 is 1.24 bits per heavy atom. The van der Waals surface area contributed by atoms with Crippen LogP contribution in [0.3, 0.4) is 0 Å². The fourth-order valence-electron chi connectivity index (χ4n) is 3.68. The molecule has 0 bridgehead atoms. The Labute approximate surface area is 150 Å². The fourth-order valence-corrected chi connectivity index (χ4v) is 3.81. The average molecular weight is 359 g/mol. The van der Waals surface area contributed by atoms with Gasteiger partial charge in [0.05, 0.1) is 18.2 Å². The van der Waals surface area contributed by atoms with Gasteiger partial charge in [-0.15, -0.1) is 0 Å². The molecule has 2 heterocycles. The predicted molar refractivity (Wildman–Crippen MR) is 94.4 cm³/mol. The van der Waals surface area contributed by atoms with E-state index in [0.29, 0.717) is 11.6 Å². The zero-order valence-corrected chi connectivity index (χ0v) is 14.5. The highest BCUT2D eigenvalue weighted by Crippen LogP contribution is 2.32. The van der Waals surface area contributed by atoms with Crippen LogP contribution in [0.15, 0.2) is 41.0 Å². The monoisotopic (exact) mass is 358 g/mol. The van der Waals surface area contributed by atoms with Gasteiger partial charge in [-0.25, -0.2) is 0 Å². The zero-order valence-electron chi connectivity index (χ0n) is 13.7. The first kappa shape index (κ1) is 16.2. The number of aryl methyl sites for hydroxylation is 1. The Morgan fingerprint density at radius 3 is 2.84 bits per heavy atom. The molecule has 25 heavy (non-hydrogen) atoms. The number of rotatable bonds is 3. The van der Waals surface area contributed by atoms with Gasteiger partial charge >= 0.3 is 0 Å². The second-order valence-corrected chi connectivity index (χ2v) is 7.07. The van der Waals surface area contributed by atoms with Crippen molar-refractivity contribution in [3.05, 3.63) is 52.9 Å². The lowest BCUT2D eigenvalue weighted by atomic mass is 9.93. The Kier molecular flexibility index (Phi) is 4.25. The van der Waals surface area contributed by atoms with Crippen molar-refractivity contribution in [2.24, 2.45) is 5.92 Å². The predicted octanol–water partition coefficient (Wildman–Crippen LogP) is 3.48. The maximum absolute atomic E-state index is 12.7. The van der Waals surface area contributed by atoms with Crippen LogP contribution in [-0.4, -0.2) is 18.4 Å². The first-order valence-corrected chi connectivity index (χ1v) is 8.92. The minimum atomic E-state index is -0.333. The summed E-state index contributed by atoms with van der Waals surface area (Å²) < 4.78 is 5.47. The molecule has 2 amide bonds. The number of carbonyl (C=O) groups is 2. The summed E-state index contributed by atoms with van der Waals surface area (Å²) in [6.07, 6.45) is 4.72. The molecule has 130 valence electrons. The quantitative estimate of drug-likeness (QED) is 0.913. The number of furan rings is 1. The Balaban J connectivity index is 1.44. The van der Waals surface area contributed by atoms with Gasteiger partial charge in [0.1, 0.15) is 5.76 Å². The third-order valence-electron chi connectivity index (χ3n) is 5.00. The molecule has 1 aliphatic heterocycles. The molecule has 2 aromatic rings. The molecule has 1 aromatic heterocycles. The van der Waals surface area contributed by atoms with Crippen LogP contribution >= 0.6 is 11.6 Å². The molecule has 1 fully saturated rings. The van der Waals surface area contributed by atoms with E-state index in [2.05, 4.69) is 5.32 Å². The van der Waals surface area contributed by atoms with Gasteiger partial charge in [-0.1, -0.05) is 11.6 Å². The van der Waals surface area contributed by atoms with Crippen LogP contribution in [0.2, 0.25) is 5.02 Å². The first-order chi connectivity index (χ1) is 12.1. The van der Waals surface area contributed by atoms with Gasteiger partial charge in [0.15, 0.2) is 0 Å². The molecule has 2 atom stereocenters. The van der Waals surface area contributed by atoms with Gasteiger partial charge < -0.3 is 14.6 Å². The van der Waals surface area contributed by atoms with Crippen LogP contribution in [-0.2, 0) is 16.0 Å². The lowest BCUT2D eigenvalue weighted by Gasteiger charge is -2.24. The first-order valence-electron chi connectivity index (χ1n) is 8.54. The van der Waals surface area contributed by atoms with E-state index < -0.39 is 0 Å². The van der Waals surface area contributed by atoms with Gasteiger partial charge in [0, 0.05) is 35.7 Å². The van der Waals surface area contributed by atoms with E-state index in [1.54, 1.807) is 35.4 Å². The van der Waals surface area contributed by atoms with E-state index in [1.165, 1.54) is 0 Å². The standard InChI is InChI=1S/C19H19ClN2O3/c20-13-4-6-14(7-5-13)22-11-12(10-18(22)23)19(24)21-16-2-1-3-17-15(16)8-9-25-17/h4-9,12,16H,1-3,10-11H2,(H,21,24). The highest BCUT2D eigenvalue weighted by molar-refractivity contribution is 6.30. The minimum absolute atomic E-state index is 0.0188. The van der Waals surface area contributed by atoms with Crippen molar-refractivity contribution in [2.75, 3.05) is 11.4 Å². The molecule has 1 saturated heterocycles. The van der Waals surface area contributed by atoms with Crippen molar-refractivity contribution in [1.82, 2.24) is 5.32 Å². The second kappa shape index (κ2) is 6.56. The molecular formula is C19H19ClN2O3. The van der Waals surface area contributed by atoms with Crippen LogP contribution < -0.4 is 10.2 Å². The molecule has 1 aromatic carbocycles. The van der Waals surface area contributed by atoms with Crippen LogP contribution in [0, 0.1) is 5.92 Å². The Hall–Kier alpha value is -2.27. The third-order valence-corrected chi connectivity index (χ3v) is 5.25. The molecule has 0 spiro atoms. The molecular weight excluding hydrogens is 340 g/mol. The number of hydrogen-bond acceptors (Lipinski definition) is 3. The number of carbonyl (C=O) groups excluding carboxylic acids is 2. The maximum atomic E-state index is 12.7. The van der Waals surface area contributed by atoms with E-state index in [-0.39, 0.29) is 30.2 Å². The summed E-state index contributed by atoms with van der Waals surface area (Å²) in [4.78, 5) is 26.7. The normalized spacial score (nSPS) is 22.8. The Bertz CT molecular complexity index is 799. The van der Waals surface area contributed by atoms with Crippen LogP contribution in [0.4, 0.5) is 5.69 Å². The molecule has 1 aliphatic carbocycles. The van der Waals surface area contributed by atoms with Crippen molar-refractivity contribution in [3.63, 3.8) is 0 Å². The topological polar surface area (TPSA) is 62.6 Å². The number of nitrogens with zero attached hydrogens (tertiary/aromatic N) is 1. The Morgan fingerprint density at radius 2 is 2.04 bits per heavy atom. The van der Waals surface area contributed by atoms with E-state index >= 15 is 0 Å². The fraction of sp³-hybridized carbons (Fsp3) is 0.368. The summed E-state index contributed by atoms with van der Waals surface area (Å²) in [7, 11) is 0.